The summed E-state index contributed by atoms with van der Waals surface area (Å²) < 4.78 is 18.5. The van der Waals surface area contributed by atoms with Crippen molar-refractivity contribution >= 4 is 39.9 Å². The second kappa shape index (κ2) is 25.5. The molecule has 0 fully saturated rings. The largest absolute Gasteiger partial charge is 0.493 e. The van der Waals surface area contributed by atoms with Gasteiger partial charge >= 0.3 is 0 Å². The smallest absolute Gasteiger partial charge is 0.226 e. The van der Waals surface area contributed by atoms with Gasteiger partial charge < -0.3 is 41.6 Å². The number of rotatable bonds is 23. The minimum absolute atomic E-state index is 0.0269. The second-order valence-corrected chi connectivity index (χ2v) is 17.0. The van der Waals surface area contributed by atoms with Crippen molar-refractivity contribution in [1.82, 2.24) is 10.2 Å². The summed E-state index contributed by atoms with van der Waals surface area (Å²) in [5, 5.41) is 13.6. The standard InChI is InChI=1S/C52H66N6O8/c1-4-5-6-7-10-26-64-47-20-17-39(38-12-8-9-13-40(38)47)45(60)33-37(21-23-54)52(63)58(3)50-36-16-19-49(66-28-25-56)42(32-36)41-30-35(15-18-48(41)65-27-24-55)31-43(44(59)14-11-22-53)57-51(62)34(2)29-46(50)61/h8-9,12-13,15-20,30,32,34,37,43,50H,4-7,10-11,14,21,23-29,31,33,54-56H2,1-3H3,(H,57,62)/t34-,37-,43+,50+/m1/s1. The van der Waals surface area contributed by atoms with Crippen LogP contribution in [0.2, 0.25) is 0 Å². The first-order valence-corrected chi connectivity index (χ1v) is 23.3. The number of likely N-dealkylation sites (N-methyl/N-ethyl adjacent to an activating group) is 1. The number of nitrogens with one attached hydrogen (secondary N) is 1. The van der Waals surface area contributed by atoms with E-state index in [1.54, 1.807) is 43.3 Å². The molecule has 14 heteroatoms. The molecule has 0 saturated carbocycles. The van der Waals surface area contributed by atoms with Gasteiger partial charge in [-0.1, -0.05) is 75.9 Å². The molecule has 2 amide bonds. The number of nitrogens with two attached hydrogens (primary N) is 3. The van der Waals surface area contributed by atoms with E-state index in [0.29, 0.717) is 57.1 Å². The van der Waals surface area contributed by atoms with Crippen LogP contribution in [0.4, 0.5) is 0 Å². The van der Waals surface area contributed by atoms with Crippen molar-refractivity contribution in [2.24, 2.45) is 29.0 Å². The Labute approximate surface area is 388 Å². The first-order valence-electron chi connectivity index (χ1n) is 23.3. The molecule has 1 heterocycles. The molecule has 66 heavy (non-hydrogen) atoms. The van der Waals surface area contributed by atoms with Gasteiger partial charge in [0.15, 0.2) is 17.3 Å². The van der Waals surface area contributed by atoms with Gasteiger partial charge in [-0.15, -0.1) is 0 Å². The maximum Gasteiger partial charge on any atom is 0.226 e. The van der Waals surface area contributed by atoms with Crippen LogP contribution in [0.5, 0.6) is 17.2 Å². The summed E-state index contributed by atoms with van der Waals surface area (Å²) >= 11 is 0. The van der Waals surface area contributed by atoms with Crippen molar-refractivity contribution in [3.05, 3.63) is 89.5 Å². The number of fused-ring (bicyclic) bond motifs is 6. The van der Waals surface area contributed by atoms with E-state index in [2.05, 4.69) is 12.2 Å². The Morgan fingerprint density at radius 1 is 0.803 bits per heavy atom. The average molecular weight is 903 g/mol. The summed E-state index contributed by atoms with van der Waals surface area (Å²) in [7, 11) is 1.52. The summed E-state index contributed by atoms with van der Waals surface area (Å²) in [5.74, 6) is -2.28. The van der Waals surface area contributed by atoms with Crippen molar-refractivity contribution in [1.29, 1.82) is 5.26 Å². The average Bonchev–Trinajstić information content (AvgIpc) is 3.32. The first kappa shape index (κ1) is 50.9. The Balaban J connectivity index is 1.55. The van der Waals surface area contributed by atoms with Gasteiger partial charge in [0, 0.05) is 79.7 Å². The van der Waals surface area contributed by atoms with Gasteiger partial charge in [-0.05, 0) is 78.7 Å². The number of unbranched alkanes of at least 4 members (excludes halogenated alkanes) is 4. The van der Waals surface area contributed by atoms with Crippen LogP contribution < -0.4 is 36.7 Å². The lowest BCUT2D eigenvalue weighted by molar-refractivity contribution is -0.142. The molecule has 4 aromatic rings. The Hall–Kier alpha value is -6.14. The van der Waals surface area contributed by atoms with E-state index >= 15 is 0 Å². The molecule has 0 spiro atoms. The minimum atomic E-state index is -1.22. The van der Waals surface area contributed by atoms with Crippen LogP contribution in [0.15, 0.2) is 72.8 Å². The number of ether oxygens (including phenoxy) is 3. The summed E-state index contributed by atoms with van der Waals surface area (Å²) in [6.07, 6.45) is 5.22. The van der Waals surface area contributed by atoms with Crippen LogP contribution in [-0.4, -0.2) is 86.6 Å². The lowest BCUT2D eigenvalue weighted by Gasteiger charge is -2.32. The zero-order valence-electron chi connectivity index (χ0n) is 38.7. The van der Waals surface area contributed by atoms with Crippen molar-refractivity contribution < 1.29 is 38.2 Å². The number of benzene rings is 4. The maximum absolute atomic E-state index is 14.9. The number of nitriles is 1. The normalized spacial score (nSPS) is 16.7. The molecule has 5 rings (SSSR count). The zero-order chi connectivity index (χ0) is 47.6. The molecule has 0 aliphatic carbocycles. The lowest BCUT2D eigenvalue weighted by Crippen LogP contribution is -2.46. The lowest BCUT2D eigenvalue weighted by atomic mass is 9.88. The van der Waals surface area contributed by atoms with Crippen LogP contribution in [0.25, 0.3) is 21.9 Å². The van der Waals surface area contributed by atoms with Crippen molar-refractivity contribution in [3.8, 4) is 34.4 Å². The molecule has 0 radical (unpaired) electrons. The van der Waals surface area contributed by atoms with E-state index in [4.69, 9.17) is 31.4 Å². The molecule has 0 unspecified atom stereocenters. The summed E-state index contributed by atoms with van der Waals surface area (Å²) in [6, 6.07) is 21.4. The van der Waals surface area contributed by atoms with Crippen molar-refractivity contribution in [2.75, 3.05) is 46.5 Å². The monoisotopic (exact) mass is 902 g/mol. The third-order valence-corrected chi connectivity index (χ3v) is 12.0. The predicted molar refractivity (Wildman–Crippen MR) is 255 cm³/mol. The highest BCUT2D eigenvalue weighted by molar-refractivity contribution is 6.10. The van der Waals surface area contributed by atoms with Crippen molar-refractivity contribution in [2.45, 2.75) is 96.6 Å². The number of carbonyl (C=O) groups is 5. The van der Waals surface area contributed by atoms with Crippen LogP contribution in [0.3, 0.4) is 0 Å². The van der Waals surface area contributed by atoms with E-state index in [-0.39, 0.29) is 82.9 Å². The van der Waals surface area contributed by atoms with Gasteiger partial charge in [0.25, 0.3) is 0 Å². The van der Waals surface area contributed by atoms with Gasteiger partial charge in [-0.3, -0.25) is 24.0 Å². The molecular formula is C52H66N6O8. The van der Waals surface area contributed by atoms with Gasteiger partial charge in [-0.2, -0.15) is 5.26 Å². The molecule has 7 N–H and O–H groups in total. The SMILES string of the molecule is CCCCCCCOc1ccc(C(=O)C[C@@H](CCN)C(=O)N(C)[C@@H]2C(=O)C[C@@H](C)C(=O)N[C@H](C(=O)CCC#N)Cc3ccc(OCCN)c(c3)-c3cc2ccc3OCCN)c2ccccc12. The number of hydrogen-bond acceptors (Lipinski definition) is 12. The zero-order valence-corrected chi connectivity index (χ0v) is 38.7. The number of ketones is 3. The summed E-state index contributed by atoms with van der Waals surface area (Å²) in [4.78, 5) is 72.6. The minimum Gasteiger partial charge on any atom is -0.493 e. The van der Waals surface area contributed by atoms with Gasteiger partial charge in [0.2, 0.25) is 11.8 Å². The molecular weight excluding hydrogens is 837 g/mol. The Kier molecular flexibility index (Phi) is 19.7. The molecule has 0 saturated heterocycles. The van der Waals surface area contributed by atoms with E-state index in [1.807, 2.05) is 42.5 Å². The summed E-state index contributed by atoms with van der Waals surface area (Å²) in [5.41, 5.74) is 20.5. The fraction of sp³-hybridized carbons (Fsp3) is 0.462. The van der Waals surface area contributed by atoms with Crippen molar-refractivity contribution in [3.63, 3.8) is 0 Å². The third kappa shape index (κ3) is 13.2. The predicted octanol–water partition coefficient (Wildman–Crippen LogP) is 6.78. The molecule has 4 aromatic carbocycles. The number of amides is 2. The first-order chi connectivity index (χ1) is 31.9. The van der Waals surface area contributed by atoms with Crippen LogP contribution in [0.1, 0.15) is 106 Å². The van der Waals surface area contributed by atoms with E-state index < -0.39 is 41.5 Å². The Morgan fingerprint density at radius 3 is 2.14 bits per heavy atom. The molecule has 0 aromatic heterocycles. The van der Waals surface area contributed by atoms with E-state index in [9.17, 15) is 29.2 Å². The number of hydrogen-bond donors (Lipinski definition) is 4. The Bertz CT molecular complexity index is 2360. The maximum atomic E-state index is 14.9. The van der Waals surface area contributed by atoms with E-state index in [0.717, 1.165) is 31.1 Å². The van der Waals surface area contributed by atoms with Crippen LogP contribution in [0, 0.1) is 23.2 Å². The number of Topliss-reactive ketones (excluding diaryl/α,β-unsaturated/α-hetero) is 3. The fourth-order valence-electron chi connectivity index (χ4n) is 8.50. The van der Waals surface area contributed by atoms with Gasteiger partial charge in [0.05, 0.1) is 18.7 Å². The van der Waals surface area contributed by atoms with E-state index in [1.165, 1.54) is 18.4 Å². The molecule has 352 valence electrons. The van der Waals surface area contributed by atoms with Crippen LogP contribution in [-0.2, 0) is 25.6 Å². The van der Waals surface area contributed by atoms with Crippen LogP contribution >= 0.6 is 0 Å². The highest BCUT2D eigenvalue weighted by Crippen LogP contribution is 2.41. The summed E-state index contributed by atoms with van der Waals surface area (Å²) in [6.45, 7) is 5.23. The Morgan fingerprint density at radius 2 is 1.45 bits per heavy atom. The highest BCUT2D eigenvalue weighted by Gasteiger charge is 2.36. The number of nitrogens with zero attached hydrogens (tertiary/aromatic N) is 2. The molecule has 14 nitrogen and oxygen atoms in total. The number of carbonyl (C=O) groups excluding carboxylic acids is 5. The highest BCUT2D eigenvalue weighted by atomic mass is 16.5. The molecule has 1 aliphatic rings. The molecule has 1 aliphatic heterocycles. The van der Waals surface area contributed by atoms with Gasteiger partial charge in [-0.25, -0.2) is 0 Å². The third-order valence-electron chi connectivity index (χ3n) is 12.0. The molecule has 4 bridgehead atoms. The second-order valence-electron chi connectivity index (χ2n) is 17.0. The quantitative estimate of drug-likeness (QED) is 0.0446. The fourth-order valence-corrected chi connectivity index (χ4v) is 8.50. The van der Waals surface area contributed by atoms with Gasteiger partial charge in [0.1, 0.15) is 36.5 Å². The topological polar surface area (TPSA) is 230 Å². The molecule has 4 atom stereocenters.